The Labute approximate surface area is 137 Å². The van der Waals surface area contributed by atoms with E-state index in [0.29, 0.717) is 11.3 Å². The van der Waals surface area contributed by atoms with Crippen LogP contribution in [0.3, 0.4) is 0 Å². The van der Waals surface area contributed by atoms with Crippen LogP contribution in [0.2, 0.25) is 5.02 Å². The summed E-state index contributed by atoms with van der Waals surface area (Å²) in [5, 5.41) is 15.1. The minimum atomic E-state index is -0.555. The summed E-state index contributed by atoms with van der Waals surface area (Å²) >= 11 is 6.01. The number of hydrogen-bond donors (Lipinski definition) is 2. The molecular weight excluding hydrogens is 314 g/mol. The zero-order valence-electron chi connectivity index (χ0n) is 11.8. The summed E-state index contributed by atoms with van der Waals surface area (Å²) in [5.74, 6) is -0.879. The highest BCUT2D eigenvalue weighted by atomic mass is 35.5. The highest BCUT2D eigenvalue weighted by molar-refractivity contribution is 6.35. The molecule has 0 saturated carbocycles. The number of carbonyl (C=O) groups is 2. The van der Waals surface area contributed by atoms with Gasteiger partial charge in [-0.15, -0.1) is 0 Å². The number of nitriles is 1. The van der Waals surface area contributed by atoms with Crippen molar-refractivity contribution < 1.29 is 9.59 Å². The Kier molecular flexibility index (Phi) is 3.83. The van der Waals surface area contributed by atoms with Crippen LogP contribution in [0.5, 0.6) is 0 Å². The maximum Gasteiger partial charge on any atom is 0.258 e. The standard InChI is InChI=1S/C17H10ClN3O2/c18-13-7-3-1-5-10(13)15(22)12(9-19)16-20-14-8-4-2-6-11(14)17(23)21-16/h1-8,20H,(H,21,23). The summed E-state index contributed by atoms with van der Waals surface area (Å²) in [6, 6.07) is 15.1. The lowest BCUT2D eigenvalue weighted by Crippen LogP contribution is -2.34. The van der Waals surface area contributed by atoms with Crippen molar-refractivity contribution in [1.82, 2.24) is 5.32 Å². The predicted molar refractivity (Wildman–Crippen MR) is 86.0 cm³/mol. The fourth-order valence-electron chi connectivity index (χ4n) is 2.26. The minimum absolute atomic E-state index is 0.0566. The number of allylic oxidation sites excluding steroid dienone is 1. The van der Waals surface area contributed by atoms with E-state index in [4.69, 9.17) is 11.6 Å². The number of Topliss-reactive ketones (excluding diaryl/α,β-unsaturated/α-hetero) is 1. The number of amides is 1. The molecule has 112 valence electrons. The van der Waals surface area contributed by atoms with E-state index >= 15 is 0 Å². The van der Waals surface area contributed by atoms with Gasteiger partial charge >= 0.3 is 0 Å². The quantitative estimate of drug-likeness (QED) is 0.505. The van der Waals surface area contributed by atoms with E-state index in [1.807, 2.05) is 6.07 Å². The molecular formula is C17H10ClN3O2. The Morgan fingerprint density at radius 2 is 1.74 bits per heavy atom. The second-order valence-electron chi connectivity index (χ2n) is 4.80. The number of fused-ring (bicyclic) bond motifs is 1. The number of anilines is 1. The van der Waals surface area contributed by atoms with Gasteiger partial charge in [0.15, 0.2) is 0 Å². The summed E-state index contributed by atoms with van der Waals surface area (Å²) in [5.41, 5.74) is 0.971. The maximum atomic E-state index is 12.6. The number of para-hydroxylation sites is 1. The molecule has 1 aliphatic rings. The normalized spacial score (nSPS) is 14.9. The SMILES string of the molecule is N#CC(C(=O)c1ccccc1Cl)=C1NC(=O)c2ccccc2N1. The average Bonchev–Trinajstić information content (AvgIpc) is 2.56. The van der Waals surface area contributed by atoms with Gasteiger partial charge in [0.1, 0.15) is 17.5 Å². The molecule has 3 rings (SSSR count). The number of nitrogens with zero attached hydrogens (tertiary/aromatic N) is 1. The van der Waals surface area contributed by atoms with Crippen LogP contribution in [-0.4, -0.2) is 11.7 Å². The molecule has 2 N–H and O–H groups in total. The number of carbonyl (C=O) groups excluding carboxylic acids is 2. The summed E-state index contributed by atoms with van der Waals surface area (Å²) in [7, 11) is 0. The van der Waals surface area contributed by atoms with Gasteiger partial charge in [0.05, 0.1) is 16.3 Å². The molecule has 0 bridgehead atoms. The number of benzene rings is 2. The number of halogens is 1. The lowest BCUT2D eigenvalue weighted by molar-refractivity contribution is 0.0963. The number of hydrogen-bond acceptors (Lipinski definition) is 4. The highest BCUT2D eigenvalue weighted by Crippen LogP contribution is 2.24. The van der Waals surface area contributed by atoms with E-state index in [1.165, 1.54) is 6.07 Å². The predicted octanol–water partition coefficient (Wildman–Crippen LogP) is 3.11. The van der Waals surface area contributed by atoms with Gasteiger partial charge in [-0.2, -0.15) is 5.26 Å². The third kappa shape index (κ3) is 2.68. The van der Waals surface area contributed by atoms with Gasteiger partial charge in [-0.3, -0.25) is 9.59 Å². The highest BCUT2D eigenvalue weighted by Gasteiger charge is 2.26. The topological polar surface area (TPSA) is 82.0 Å². The molecule has 6 heteroatoms. The van der Waals surface area contributed by atoms with Gasteiger partial charge in [-0.1, -0.05) is 35.9 Å². The second kappa shape index (κ2) is 5.95. The summed E-state index contributed by atoms with van der Waals surface area (Å²) < 4.78 is 0. The van der Waals surface area contributed by atoms with Crippen molar-refractivity contribution in [3.63, 3.8) is 0 Å². The number of nitrogens with one attached hydrogen (secondary N) is 2. The van der Waals surface area contributed by atoms with Gasteiger partial charge in [-0.05, 0) is 24.3 Å². The molecule has 1 heterocycles. The lowest BCUT2D eigenvalue weighted by atomic mass is 10.0. The molecule has 2 aromatic carbocycles. The zero-order chi connectivity index (χ0) is 16.4. The van der Waals surface area contributed by atoms with Gasteiger partial charge < -0.3 is 10.6 Å². The maximum absolute atomic E-state index is 12.6. The first kappa shape index (κ1) is 14.8. The summed E-state index contributed by atoms with van der Waals surface area (Å²) in [6.45, 7) is 0. The van der Waals surface area contributed by atoms with Crippen molar-refractivity contribution in [1.29, 1.82) is 5.26 Å². The Balaban J connectivity index is 2.06. The Bertz CT molecular complexity index is 897. The third-order valence-electron chi connectivity index (χ3n) is 3.38. The van der Waals surface area contributed by atoms with E-state index in [-0.39, 0.29) is 27.9 Å². The summed E-state index contributed by atoms with van der Waals surface area (Å²) in [4.78, 5) is 24.7. The van der Waals surface area contributed by atoms with Crippen LogP contribution >= 0.6 is 11.6 Å². The van der Waals surface area contributed by atoms with Crippen LogP contribution < -0.4 is 10.6 Å². The molecule has 1 aliphatic heterocycles. The van der Waals surface area contributed by atoms with Crippen LogP contribution in [0.1, 0.15) is 20.7 Å². The third-order valence-corrected chi connectivity index (χ3v) is 3.71. The molecule has 0 fully saturated rings. The molecule has 0 aromatic heterocycles. The second-order valence-corrected chi connectivity index (χ2v) is 5.20. The lowest BCUT2D eigenvalue weighted by Gasteiger charge is -2.22. The molecule has 2 aromatic rings. The van der Waals surface area contributed by atoms with Gasteiger partial charge in [0.25, 0.3) is 5.91 Å². The smallest absolute Gasteiger partial charge is 0.258 e. The Hall–Kier alpha value is -3.10. The van der Waals surface area contributed by atoms with E-state index in [9.17, 15) is 14.9 Å². The molecule has 23 heavy (non-hydrogen) atoms. The molecule has 0 radical (unpaired) electrons. The number of ketones is 1. The van der Waals surface area contributed by atoms with Crippen molar-refractivity contribution in [2.45, 2.75) is 0 Å². The van der Waals surface area contributed by atoms with Crippen molar-refractivity contribution in [2.24, 2.45) is 0 Å². The minimum Gasteiger partial charge on any atom is -0.340 e. The van der Waals surface area contributed by atoms with Gasteiger partial charge in [-0.25, -0.2) is 0 Å². The molecule has 0 saturated heterocycles. The fourth-order valence-corrected chi connectivity index (χ4v) is 2.48. The molecule has 5 nitrogen and oxygen atoms in total. The largest absolute Gasteiger partial charge is 0.340 e. The molecule has 1 amide bonds. The average molecular weight is 324 g/mol. The monoisotopic (exact) mass is 323 g/mol. The molecule has 0 atom stereocenters. The van der Waals surface area contributed by atoms with Crippen molar-refractivity contribution in [3.8, 4) is 6.07 Å². The van der Waals surface area contributed by atoms with Crippen molar-refractivity contribution >= 4 is 29.0 Å². The zero-order valence-corrected chi connectivity index (χ0v) is 12.5. The first-order valence-corrected chi connectivity index (χ1v) is 7.10. The van der Waals surface area contributed by atoms with Crippen LogP contribution in [-0.2, 0) is 0 Å². The Morgan fingerprint density at radius 1 is 1.04 bits per heavy atom. The van der Waals surface area contributed by atoms with Crippen molar-refractivity contribution in [2.75, 3.05) is 5.32 Å². The molecule has 0 aliphatic carbocycles. The fraction of sp³-hybridized carbons (Fsp3) is 0. The van der Waals surface area contributed by atoms with Crippen LogP contribution in [0, 0.1) is 11.3 Å². The first-order chi connectivity index (χ1) is 11.1. The first-order valence-electron chi connectivity index (χ1n) is 6.73. The van der Waals surface area contributed by atoms with E-state index in [2.05, 4.69) is 10.6 Å². The molecule has 0 unspecified atom stereocenters. The van der Waals surface area contributed by atoms with Crippen molar-refractivity contribution in [3.05, 3.63) is 76.1 Å². The van der Waals surface area contributed by atoms with Gasteiger partial charge in [0.2, 0.25) is 5.78 Å². The van der Waals surface area contributed by atoms with E-state index in [0.717, 1.165) is 0 Å². The van der Waals surface area contributed by atoms with E-state index < -0.39 is 5.78 Å². The van der Waals surface area contributed by atoms with Crippen LogP contribution in [0.4, 0.5) is 5.69 Å². The summed E-state index contributed by atoms with van der Waals surface area (Å²) in [6.07, 6.45) is 0. The molecule has 0 spiro atoms. The Morgan fingerprint density at radius 3 is 2.48 bits per heavy atom. The van der Waals surface area contributed by atoms with E-state index in [1.54, 1.807) is 42.5 Å². The van der Waals surface area contributed by atoms with Crippen LogP contribution in [0.25, 0.3) is 0 Å². The number of rotatable bonds is 2. The van der Waals surface area contributed by atoms with Gasteiger partial charge in [0, 0.05) is 5.56 Å². The van der Waals surface area contributed by atoms with Crippen LogP contribution in [0.15, 0.2) is 59.9 Å².